The number of carbonyl (C=O) groups is 1. The molecule has 1 rings (SSSR count). The highest BCUT2D eigenvalue weighted by Crippen LogP contribution is 2.22. The fourth-order valence-electron chi connectivity index (χ4n) is 1.13. The summed E-state index contributed by atoms with van der Waals surface area (Å²) in [5, 5.41) is 20.8. The van der Waals surface area contributed by atoms with Crippen molar-refractivity contribution in [1.29, 1.82) is 0 Å². The van der Waals surface area contributed by atoms with Gasteiger partial charge in [-0.05, 0) is 6.42 Å². The summed E-state index contributed by atoms with van der Waals surface area (Å²) in [5.41, 5.74) is 0.305. The predicted octanol–water partition coefficient (Wildman–Crippen LogP) is 0.504. The van der Waals surface area contributed by atoms with Gasteiger partial charge in [0.2, 0.25) is 0 Å². The average Bonchev–Trinajstić information content (AvgIpc) is 2.49. The van der Waals surface area contributed by atoms with Gasteiger partial charge in [-0.2, -0.15) is 0 Å². The summed E-state index contributed by atoms with van der Waals surface area (Å²) in [5.74, 6) is -2.53. The number of nitrogens with zero attached hydrogens (tertiary/aromatic N) is 1. The number of hydrogen-bond acceptors (Lipinski definition) is 5. The largest absolute Gasteiger partial charge is 0.542 e. The Morgan fingerprint density at radius 3 is 2.71 bits per heavy atom. The lowest BCUT2D eigenvalue weighted by Crippen LogP contribution is -2.22. The van der Waals surface area contributed by atoms with Gasteiger partial charge in [-0.15, -0.1) is 0 Å². The second kappa shape index (κ2) is 3.91. The van der Waals surface area contributed by atoms with Crippen LogP contribution in [-0.2, 0) is 6.42 Å². The van der Waals surface area contributed by atoms with Crippen LogP contribution in [0.25, 0.3) is 0 Å². The number of aromatic carboxylic acids is 1. The molecule has 1 heterocycles. The van der Waals surface area contributed by atoms with Crippen molar-refractivity contribution in [3.05, 3.63) is 27.5 Å². The van der Waals surface area contributed by atoms with Crippen molar-refractivity contribution in [2.45, 2.75) is 19.8 Å². The quantitative estimate of drug-likeness (QED) is 0.518. The van der Waals surface area contributed by atoms with Crippen LogP contribution in [0.2, 0.25) is 0 Å². The summed E-state index contributed by atoms with van der Waals surface area (Å²) in [6.45, 7) is 1.83. The van der Waals surface area contributed by atoms with Crippen LogP contribution in [0.3, 0.4) is 0 Å². The molecule has 1 aromatic rings. The van der Waals surface area contributed by atoms with Gasteiger partial charge >= 0.3 is 5.88 Å². The van der Waals surface area contributed by atoms with Gasteiger partial charge in [0.05, 0.1) is 6.07 Å². The van der Waals surface area contributed by atoms with E-state index in [0.717, 1.165) is 6.07 Å². The third-order valence-corrected chi connectivity index (χ3v) is 1.68. The lowest BCUT2D eigenvalue weighted by molar-refractivity contribution is -0.402. The van der Waals surface area contributed by atoms with Gasteiger partial charge in [-0.25, -0.2) is 0 Å². The van der Waals surface area contributed by atoms with Gasteiger partial charge in [0.25, 0.3) is 0 Å². The zero-order chi connectivity index (χ0) is 10.7. The molecular formula is C8H8NO5-. The first kappa shape index (κ1) is 10.2. The van der Waals surface area contributed by atoms with E-state index in [4.69, 9.17) is 0 Å². The highest BCUT2D eigenvalue weighted by atomic mass is 16.6. The van der Waals surface area contributed by atoms with E-state index in [1.807, 2.05) is 6.92 Å². The molecule has 0 spiro atoms. The van der Waals surface area contributed by atoms with E-state index in [9.17, 15) is 20.0 Å². The fourth-order valence-corrected chi connectivity index (χ4v) is 1.13. The Balaban J connectivity index is 3.12. The van der Waals surface area contributed by atoms with Crippen molar-refractivity contribution < 1.29 is 19.2 Å². The number of aryl methyl sites for hydroxylation is 1. The zero-order valence-electron chi connectivity index (χ0n) is 7.48. The van der Waals surface area contributed by atoms with Crippen molar-refractivity contribution in [2.75, 3.05) is 0 Å². The van der Waals surface area contributed by atoms with Crippen molar-refractivity contribution in [1.82, 2.24) is 0 Å². The molecule has 0 aromatic carbocycles. The molecule has 0 aliphatic rings. The van der Waals surface area contributed by atoms with E-state index >= 15 is 0 Å². The molecular weight excluding hydrogens is 190 g/mol. The number of furan rings is 1. The van der Waals surface area contributed by atoms with Crippen molar-refractivity contribution in [3.8, 4) is 0 Å². The molecule has 0 N–H and O–H groups in total. The highest BCUT2D eigenvalue weighted by molar-refractivity contribution is 5.84. The van der Waals surface area contributed by atoms with Crippen LogP contribution in [0.4, 0.5) is 5.88 Å². The topological polar surface area (TPSA) is 96.4 Å². The van der Waals surface area contributed by atoms with Crippen molar-refractivity contribution in [3.63, 3.8) is 0 Å². The number of hydrogen-bond donors (Lipinski definition) is 0. The Kier molecular flexibility index (Phi) is 2.85. The average molecular weight is 198 g/mol. The Hall–Kier alpha value is -1.85. The molecule has 6 heteroatoms. The smallest absolute Gasteiger partial charge is 0.433 e. The molecule has 0 radical (unpaired) electrons. The number of carbonyl (C=O) groups excluding carboxylic acids is 1. The maximum absolute atomic E-state index is 10.5. The number of rotatable bonds is 4. The maximum atomic E-state index is 10.5. The lowest BCUT2D eigenvalue weighted by atomic mass is 10.1. The van der Waals surface area contributed by atoms with Crippen LogP contribution in [0.1, 0.15) is 29.5 Å². The van der Waals surface area contributed by atoms with Crippen molar-refractivity contribution >= 4 is 11.9 Å². The molecule has 0 amide bonds. The first-order valence-corrected chi connectivity index (χ1v) is 4.04. The van der Waals surface area contributed by atoms with E-state index in [2.05, 4.69) is 4.42 Å². The molecule has 76 valence electrons. The van der Waals surface area contributed by atoms with Crippen LogP contribution in [0.15, 0.2) is 10.5 Å². The van der Waals surface area contributed by atoms with Crippen LogP contribution < -0.4 is 5.11 Å². The van der Waals surface area contributed by atoms with Gasteiger partial charge in [-0.3, -0.25) is 10.1 Å². The van der Waals surface area contributed by atoms with E-state index in [0.29, 0.717) is 18.4 Å². The monoisotopic (exact) mass is 198 g/mol. The SMILES string of the molecule is CCCc1cc([N+](=O)[O-])oc1C(=O)[O-]. The van der Waals surface area contributed by atoms with Crippen LogP contribution >= 0.6 is 0 Å². The molecule has 0 bridgehead atoms. The summed E-state index contributed by atoms with van der Waals surface area (Å²) < 4.78 is 4.53. The molecule has 0 unspecified atom stereocenters. The molecule has 0 aliphatic carbocycles. The van der Waals surface area contributed by atoms with E-state index in [-0.39, 0.29) is 0 Å². The summed E-state index contributed by atoms with van der Waals surface area (Å²) in [7, 11) is 0. The summed E-state index contributed by atoms with van der Waals surface area (Å²) in [4.78, 5) is 20.0. The molecule has 0 atom stereocenters. The summed E-state index contributed by atoms with van der Waals surface area (Å²) >= 11 is 0. The third kappa shape index (κ3) is 1.90. The van der Waals surface area contributed by atoms with Gasteiger partial charge in [0.15, 0.2) is 5.76 Å². The predicted molar refractivity (Wildman–Crippen MR) is 43.7 cm³/mol. The van der Waals surface area contributed by atoms with Crippen LogP contribution in [0.5, 0.6) is 0 Å². The zero-order valence-corrected chi connectivity index (χ0v) is 7.48. The Bertz CT molecular complexity index is 368. The molecule has 6 nitrogen and oxygen atoms in total. The highest BCUT2D eigenvalue weighted by Gasteiger charge is 2.18. The minimum atomic E-state index is -1.53. The van der Waals surface area contributed by atoms with Crippen LogP contribution in [0, 0.1) is 10.1 Å². The molecule has 0 aliphatic heterocycles. The van der Waals surface area contributed by atoms with Gasteiger partial charge in [0, 0.05) is 5.56 Å². The maximum Gasteiger partial charge on any atom is 0.433 e. The van der Waals surface area contributed by atoms with E-state index in [1.54, 1.807) is 0 Å². The third-order valence-electron chi connectivity index (χ3n) is 1.68. The fraction of sp³-hybridized carbons (Fsp3) is 0.375. The van der Waals surface area contributed by atoms with E-state index in [1.165, 1.54) is 0 Å². The molecule has 14 heavy (non-hydrogen) atoms. The molecule has 1 aromatic heterocycles. The van der Waals surface area contributed by atoms with Crippen molar-refractivity contribution in [2.24, 2.45) is 0 Å². The normalized spacial score (nSPS) is 10.1. The Morgan fingerprint density at radius 1 is 1.64 bits per heavy atom. The number of nitro groups is 1. The van der Waals surface area contributed by atoms with Gasteiger partial charge in [-0.1, -0.05) is 13.3 Å². The minimum absolute atomic E-state index is 0.305. The summed E-state index contributed by atoms with van der Waals surface area (Å²) in [6, 6.07) is 1.12. The van der Waals surface area contributed by atoms with Gasteiger partial charge < -0.3 is 14.3 Å². The number of carboxylic acids is 1. The summed E-state index contributed by atoms with van der Waals surface area (Å²) in [6.07, 6.45) is 1.09. The minimum Gasteiger partial charge on any atom is -0.542 e. The molecule has 0 saturated heterocycles. The standard InChI is InChI=1S/C8H9NO5/c1-2-3-5-4-6(9(12)13)14-7(5)8(10)11/h4H,2-3H2,1H3,(H,10,11)/p-1. The molecule has 0 saturated carbocycles. The first-order chi connectivity index (χ1) is 6.56. The Morgan fingerprint density at radius 2 is 2.29 bits per heavy atom. The van der Waals surface area contributed by atoms with E-state index < -0.39 is 22.5 Å². The van der Waals surface area contributed by atoms with Gasteiger partial charge in [0.1, 0.15) is 10.9 Å². The van der Waals surface area contributed by atoms with Crippen LogP contribution in [-0.4, -0.2) is 10.9 Å². The lowest BCUT2D eigenvalue weighted by Gasteiger charge is -1.99. The molecule has 0 fully saturated rings. The first-order valence-electron chi connectivity index (χ1n) is 4.04. The number of carboxylic acid groups (broad SMARTS) is 1. The second-order valence-corrected chi connectivity index (χ2v) is 2.73. The Labute approximate surface area is 79.3 Å². The second-order valence-electron chi connectivity index (χ2n) is 2.73.